The van der Waals surface area contributed by atoms with E-state index in [9.17, 15) is 23.1 Å². The van der Waals surface area contributed by atoms with Crippen LogP contribution in [0.1, 0.15) is 38.3 Å². The molecular formula is C13H15F3O3. The third kappa shape index (κ3) is 4.24. The van der Waals surface area contributed by atoms with Crippen LogP contribution in [0.2, 0.25) is 0 Å². The molecule has 0 saturated carbocycles. The molecule has 1 N–H and O–H groups in total. The molecular weight excluding hydrogens is 261 g/mol. The van der Waals surface area contributed by atoms with Crippen molar-refractivity contribution in [2.24, 2.45) is 0 Å². The smallest absolute Gasteiger partial charge is 0.416 e. The van der Waals surface area contributed by atoms with Gasteiger partial charge in [-0.2, -0.15) is 13.2 Å². The van der Waals surface area contributed by atoms with Crippen molar-refractivity contribution in [2.75, 3.05) is 0 Å². The molecule has 0 bridgehead atoms. The Hall–Kier alpha value is -1.56. The number of rotatable bonds is 3. The number of esters is 1. The number of hydrogen-bond acceptors (Lipinski definition) is 3. The first kappa shape index (κ1) is 15.5. The van der Waals surface area contributed by atoms with Gasteiger partial charge < -0.3 is 9.84 Å². The van der Waals surface area contributed by atoms with E-state index in [0.29, 0.717) is 0 Å². The highest BCUT2D eigenvalue weighted by Gasteiger charge is 2.33. The summed E-state index contributed by atoms with van der Waals surface area (Å²) in [7, 11) is 0. The van der Waals surface area contributed by atoms with Gasteiger partial charge in [-0.25, -0.2) is 0 Å². The first-order valence-electron chi connectivity index (χ1n) is 5.70. The fourth-order valence-electron chi connectivity index (χ4n) is 1.38. The van der Waals surface area contributed by atoms with Crippen LogP contribution in [-0.4, -0.2) is 11.1 Å². The highest BCUT2D eigenvalue weighted by Crippen LogP contribution is 2.35. The fraction of sp³-hybridized carbons (Fsp3) is 0.462. The van der Waals surface area contributed by atoms with E-state index in [2.05, 4.69) is 0 Å². The van der Waals surface area contributed by atoms with Crippen molar-refractivity contribution >= 4 is 5.97 Å². The van der Waals surface area contributed by atoms with Crippen LogP contribution in [-0.2, 0) is 16.6 Å². The molecule has 0 amide bonds. The molecule has 0 heterocycles. The molecule has 0 atom stereocenters. The summed E-state index contributed by atoms with van der Waals surface area (Å²) in [6.07, 6.45) is -4.53. The highest BCUT2D eigenvalue weighted by atomic mass is 19.4. The van der Waals surface area contributed by atoms with Crippen molar-refractivity contribution in [3.63, 3.8) is 0 Å². The summed E-state index contributed by atoms with van der Waals surface area (Å²) in [5.74, 6) is -0.861. The monoisotopic (exact) mass is 276 g/mol. The van der Waals surface area contributed by atoms with Crippen molar-refractivity contribution < 1.29 is 27.8 Å². The predicted molar refractivity (Wildman–Crippen MR) is 62.6 cm³/mol. The van der Waals surface area contributed by atoms with Gasteiger partial charge in [-0.15, -0.1) is 0 Å². The lowest BCUT2D eigenvalue weighted by Crippen LogP contribution is -2.18. The number of carbonyl (C=O) groups is 1. The van der Waals surface area contributed by atoms with Gasteiger partial charge in [0.1, 0.15) is 5.75 Å². The molecule has 0 aromatic heterocycles. The summed E-state index contributed by atoms with van der Waals surface area (Å²) in [4.78, 5) is 11.1. The molecule has 0 saturated heterocycles. The van der Waals surface area contributed by atoms with Gasteiger partial charge >= 0.3 is 12.1 Å². The van der Waals surface area contributed by atoms with E-state index in [4.69, 9.17) is 4.74 Å². The number of benzene rings is 1. The molecule has 3 nitrogen and oxygen atoms in total. The van der Waals surface area contributed by atoms with Gasteiger partial charge in [-0.1, -0.05) is 6.92 Å². The van der Waals surface area contributed by atoms with Gasteiger partial charge in [0.05, 0.1) is 11.2 Å². The molecule has 0 fully saturated rings. The van der Waals surface area contributed by atoms with Gasteiger partial charge in [0.25, 0.3) is 0 Å². The molecule has 6 heteroatoms. The van der Waals surface area contributed by atoms with Crippen LogP contribution >= 0.6 is 0 Å². The standard InChI is InChI=1S/C13H15F3O3/c1-4-11(17)19-10-6-8(12(2,3)18)5-9(7-10)13(14,15)16/h5-7,18H,4H2,1-3H3. The minimum Gasteiger partial charge on any atom is -0.427 e. The van der Waals surface area contributed by atoms with Crippen LogP contribution in [0.4, 0.5) is 13.2 Å². The second-order valence-electron chi connectivity index (χ2n) is 4.63. The third-order valence-corrected chi connectivity index (χ3v) is 2.46. The number of alkyl halides is 3. The molecule has 1 aromatic carbocycles. The maximum Gasteiger partial charge on any atom is 0.416 e. The van der Waals surface area contributed by atoms with E-state index in [1.54, 1.807) is 0 Å². The Balaban J connectivity index is 3.29. The van der Waals surface area contributed by atoms with Crippen molar-refractivity contribution in [2.45, 2.75) is 39.0 Å². The molecule has 0 radical (unpaired) electrons. The average Bonchev–Trinajstić information content (AvgIpc) is 2.26. The molecule has 106 valence electrons. The minimum atomic E-state index is -4.57. The van der Waals surface area contributed by atoms with Crippen molar-refractivity contribution in [3.8, 4) is 5.75 Å². The number of ether oxygens (including phenoxy) is 1. The quantitative estimate of drug-likeness (QED) is 0.681. The normalized spacial score (nSPS) is 12.4. The maximum atomic E-state index is 12.7. The molecule has 0 unspecified atom stereocenters. The fourth-order valence-corrected chi connectivity index (χ4v) is 1.38. The lowest BCUT2D eigenvalue weighted by Gasteiger charge is -2.20. The molecule has 0 aliphatic heterocycles. The maximum absolute atomic E-state index is 12.7. The topological polar surface area (TPSA) is 46.5 Å². The van der Waals surface area contributed by atoms with Crippen LogP contribution in [0, 0.1) is 0 Å². The summed E-state index contributed by atoms with van der Waals surface area (Å²) in [5, 5.41) is 9.79. The Bertz CT molecular complexity index is 441. The Morgan fingerprint density at radius 1 is 1.21 bits per heavy atom. The van der Waals surface area contributed by atoms with E-state index in [-0.39, 0.29) is 17.7 Å². The predicted octanol–water partition coefficient (Wildman–Crippen LogP) is 3.25. The highest BCUT2D eigenvalue weighted by molar-refractivity contribution is 5.72. The molecule has 1 rings (SSSR count). The van der Waals surface area contributed by atoms with Crippen LogP contribution in [0.5, 0.6) is 5.75 Å². The van der Waals surface area contributed by atoms with Gasteiger partial charge in [-0.05, 0) is 37.6 Å². The van der Waals surface area contributed by atoms with Crippen LogP contribution < -0.4 is 4.74 Å². The number of aliphatic hydroxyl groups is 1. The molecule has 0 spiro atoms. The van der Waals surface area contributed by atoms with Crippen molar-refractivity contribution in [1.82, 2.24) is 0 Å². The molecule has 19 heavy (non-hydrogen) atoms. The Labute approximate surface area is 109 Å². The van der Waals surface area contributed by atoms with E-state index in [1.807, 2.05) is 0 Å². The van der Waals surface area contributed by atoms with Gasteiger partial charge in [0.15, 0.2) is 0 Å². The zero-order valence-electron chi connectivity index (χ0n) is 10.8. The number of carbonyl (C=O) groups excluding carboxylic acids is 1. The zero-order valence-corrected chi connectivity index (χ0v) is 10.8. The van der Waals surface area contributed by atoms with E-state index >= 15 is 0 Å². The first-order chi connectivity index (χ1) is 8.54. The van der Waals surface area contributed by atoms with Gasteiger partial charge in [0.2, 0.25) is 0 Å². The molecule has 0 aliphatic carbocycles. The number of hydrogen-bond donors (Lipinski definition) is 1. The third-order valence-electron chi connectivity index (χ3n) is 2.46. The minimum absolute atomic E-state index is 0.0289. The lowest BCUT2D eigenvalue weighted by molar-refractivity contribution is -0.139. The van der Waals surface area contributed by atoms with Gasteiger partial charge in [0, 0.05) is 6.42 Å². The molecule has 1 aromatic rings. The zero-order chi connectivity index (χ0) is 14.8. The summed E-state index contributed by atoms with van der Waals surface area (Å²) in [6, 6.07) is 2.80. The summed E-state index contributed by atoms with van der Waals surface area (Å²) >= 11 is 0. The average molecular weight is 276 g/mol. The summed E-state index contributed by atoms with van der Waals surface area (Å²) < 4.78 is 43.0. The van der Waals surface area contributed by atoms with Crippen LogP contribution in [0.3, 0.4) is 0 Å². The first-order valence-corrected chi connectivity index (χ1v) is 5.70. The number of halogens is 3. The Morgan fingerprint density at radius 2 is 1.74 bits per heavy atom. The van der Waals surface area contributed by atoms with Crippen molar-refractivity contribution in [1.29, 1.82) is 0 Å². The van der Waals surface area contributed by atoms with Crippen molar-refractivity contribution in [3.05, 3.63) is 29.3 Å². The SMILES string of the molecule is CCC(=O)Oc1cc(C(C)(C)O)cc(C(F)(F)F)c1. The Kier molecular flexibility index (Phi) is 4.25. The second-order valence-corrected chi connectivity index (χ2v) is 4.63. The molecule has 0 aliphatic rings. The van der Waals surface area contributed by atoms with Crippen LogP contribution in [0.25, 0.3) is 0 Å². The van der Waals surface area contributed by atoms with Crippen LogP contribution in [0.15, 0.2) is 18.2 Å². The van der Waals surface area contributed by atoms with E-state index in [0.717, 1.165) is 12.1 Å². The summed E-state index contributed by atoms with van der Waals surface area (Å²) in [5.41, 5.74) is -2.40. The summed E-state index contributed by atoms with van der Waals surface area (Å²) in [6.45, 7) is 4.24. The second kappa shape index (κ2) is 5.21. The lowest BCUT2D eigenvalue weighted by atomic mass is 9.96. The largest absolute Gasteiger partial charge is 0.427 e. The van der Waals surface area contributed by atoms with E-state index < -0.39 is 23.3 Å². The Morgan fingerprint density at radius 3 is 2.16 bits per heavy atom. The van der Waals surface area contributed by atoms with Gasteiger partial charge in [-0.3, -0.25) is 4.79 Å². The van der Waals surface area contributed by atoms with E-state index in [1.165, 1.54) is 26.8 Å².